The molecule has 0 aliphatic carbocycles. The normalized spacial score (nSPS) is 11.1. The van der Waals surface area contributed by atoms with Crippen LogP contribution in [0.2, 0.25) is 0 Å². The zero-order valence-corrected chi connectivity index (χ0v) is 36.7. The molecule has 4 aromatic carbocycles. The molecular formula is C42H48F12N4O12. The highest BCUT2D eigenvalue weighted by atomic mass is 19.4. The van der Waals surface area contributed by atoms with Crippen molar-refractivity contribution >= 4 is 34.6 Å². The lowest BCUT2D eigenvalue weighted by atomic mass is 9.97. The van der Waals surface area contributed by atoms with Crippen LogP contribution in [0.5, 0.6) is 23.0 Å². The Labute approximate surface area is 389 Å². The number of carbonyl (C=O) groups excluding carboxylic acids is 4. The highest BCUT2D eigenvalue weighted by Gasteiger charge is 2.30. The van der Waals surface area contributed by atoms with Gasteiger partial charge in [0.05, 0.1) is 52.6 Å². The van der Waals surface area contributed by atoms with E-state index >= 15 is 0 Å². The standard InChI is InChI=1S/C34H44N4O4.4C2HF3O2/c35-9-1-13-39-31-19-29(20-32(23-31)40-14-2-10-36)26-7-5-25-6-8-27(18-28(25)17-26)30-21-33(41-15-3-11-37)24-34(22-30)42-16-4-12-38;4*3-2(4,5)1(6)7/h5-8,17-24H,1-4,9-16,35-38H2;4*(H,6,7). The number of carboxylic acid groups (broad SMARTS) is 4. The molecule has 4 rings (SSSR count). The number of halogens is 12. The molecule has 70 heavy (non-hydrogen) atoms. The largest absolute Gasteiger partial charge is 0.542 e. The van der Waals surface area contributed by atoms with Crippen molar-refractivity contribution in [1.29, 1.82) is 0 Å². The Bertz CT molecular complexity index is 1990. The zero-order chi connectivity index (χ0) is 53.9. The molecule has 0 saturated heterocycles. The van der Waals surface area contributed by atoms with Gasteiger partial charge in [-0.3, -0.25) is 0 Å². The van der Waals surface area contributed by atoms with E-state index in [1.165, 1.54) is 5.39 Å². The van der Waals surface area contributed by atoms with Gasteiger partial charge in [0.15, 0.2) is 0 Å². The average Bonchev–Trinajstić information content (AvgIpc) is 3.26. The van der Waals surface area contributed by atoms with E-state index in [0.29, 0.717) is 26.4 Å². The van der Waals surface area contributed by atoms with Crippen LogP contribution < -0.4 is 62.3 Å². The fourth-order valence-corrected chi connectivity index (χ4v) is 4.58. The molecule has 0 fully saturated rings. The molecule has 0 unspecified atom stereocenters. The van der Waals surface area contributed by atoms with E-state index in [1.54, 1.807) is 0 Å². The number of rotatable bonds is 18. The van der Waals surface area contributed by atoms with Gasteiger partial charge in [-0.2, -0.15) is 52.7 Å². The first kappa shape index (κ1) is 63.2. The lowest BCUT2D eigenvalue weighted by molar-refractivity contribution is -0.369. The Balaban J connectivity index is 0.00000137. The van der Waals surface area contributed by atoms with Crippen LogP contribution in [0.4, 0.5) is 52.7 Å². The number of alkyl halides is 12. The number of benzene rings is 4. The van der Waals surface area contributed by atoms with Gasteiger partial charge >= 0.3 is 24.7 Å². The fraction of sp³-hybridized carbons (Fsp3) is 0.381. The fourth-order valence-electron chi connectivity index (χ4n) is 4.58. The molecule has 0 aliphatic rings. The van der Waals surface area contributed by atoms with Gasteiger partial charge in [-0.05, 0) is 69.4 Å². The van der Waals surface area contributed by atoms with Gasteiger partial charge in [0.2, 0.25) is 0 Å². The first-order chi connectivity index (χ1) is 32.4. The van der Waals surface area contributed by atoms with Crippen molar-refractivity contribution in [3.63, 3.8) is 0 Å². The summed E-state index contributed by atoms with van der Waals surface area (Å²) in [5.41, 5.74) is 20.0. The summed E-state index contributed by atoms with van der Waals surface area (Å²) >= 11 is 0. The first-order valence-electron chi connectivity index (χ1n) is 20.1. The van der Waals surface area contributed by atoms with Gasteiger partial charge in [0.25, 0.3) is 0 Å². The summed E-state index contributed by atoms with van der Waals surface area (Å²) in [6.45, 7) is 5.89. The van der Waals surface area contributed by atoms with E-state index in [0.717, 1.165) is 103 Å². The Hall–Kier alpha value is -6.78. The highest BCUT2D eigenvalue weighted by molar-refractivity contribution is 5.91. The van der Waals surface area contributed by atoms with Crippen LogP contribution in [0.1, 0.15) is 25.7 Å². The monoisotopic (exact) mass is 1030 g/mol. The maximum atomic E-state index is 10.5. The quantitative estimate of drug-likeness (QED) is 0.0719. The molecule has 392 valence electrons. The molecule has 0 radical (unpaired) electrons. The molecule has 16 nitrogen and oxygen atoms in total. The van der Waals surface area contributed by atoms with E-state index in [-0.39, 0.29) is 0 Å². The number of carbonyl (C=O) groups is 4. The maximum Gasteiger partial charge on any atom is 0.430 e. The summed E-state index contributed by atoms with van der Waals surface area (Å²) in [5.74, 6) is -8.80. The number of ether oxygens (including phenoxy) is 4. The molecule has 0 heterocycles. The van der Waals surface area contributed by atoms with Gasteiger partial charge in [-0.15, -0.1) is 0 Å². The Morgan fingerprint density at radius 3 is 0.757 bits per heavy atom. The first-order valence-corrected chi connectivity index (χ1v) is 20.1. The summed E-state index contributed by atoms with van der Waals surface area (Å²) in [5, 5.41) is 37.5. The van der Waals surface area contributed by atoms with Gasteiger partial charge < -0.3 is 81.5 Å². The number of fused-ring (bicyclic) bond motifs is 1. The van der Waals surface area contributed by atoms with Crippen molar-refractivity contribution in [2.24, 2.45) is 0 Å². The lowest BCUT2D eigenvalue weighted by Gasteiger charge is -2.14. The third-order valence-electron chi connectivity index (χ3n) is 7.85. The van der Waals surface area contributed by atoms with Crippen molar-refractivity contribution in [3.05, 3.63) is 72.8 Å². The highest BCUT2D eigenvalue weighted by Crippen LogP contribution is 2.35. The molecule has 28 heteroatoms. The summed E-state index contributed by atoms with van der Waals surface area (Å²) in [7, 11) is 0. The molecule has 0 aliphatic heterocycles. The topological polar surface area (TPSA) is 308 Å². The molecule has 0 spiro atoms. The molecule has 0 aromatic heterocycles. The van der Waals surface area contributed by atoms with Crippen LogP contribution in [0.15, 0.2) is 72.8 Å². The van der Waals surface area contributed by atoms with Crippen LogP contribution in [-0.4, -0.2) is 101 Å². The van der Waals surface area contributed by atoms with Crippen molar-refractivity contribution in [3.8, 4) is 45.3 Å². The smallest absolute Gasteiger partial charge is 0.430 e. The zero-order valence-electron chi connectivity index (χ0n) is 36.7. The lowest BCUT2D eigenvalue weighted by Crippen LogP contribution is -2.50. The predicted octanol–water partition coefficient (Wildman–Crippen LogP) is -0.589. The summed E-state index contributed by atoms with van der Waals surface area (Å²) in [6.07, 6.45) is -17.1. The number of quaternary nitrogens is 4. The molecule has 0 saturated carbocycles. The van der Waals surface area contributed by atoms with Crippen molar-refractivity contribution in [2.75, 3.05) is 52.6 Å². The molecule has 0 atom stereocenters. The Kier molecular flexibility index (Phi) is 27.7. The minimum atomic E-state index is -5.19. The number of hydrogen-bond acceptors (Lipinski definition) is 12. The van der Waals surface area contributed by atoms with E-state index in [4.69, 9.17) is 58.6 Å². The SMILES string of the molecule is O=C([O-])C(F)(F)F.O=C([O-])C(F)(F)F.O=C([O-])C(F)(F)F.O=C([O-])C(F)(F)F.[NH3+]CCCOc1cc(OCCC[NH3+])cc(-c2ccc3ccc(-c4cc(OCCC[NH3+])cc(OCCC[NH3+])c4)cc3c2)c1. The van der Waals surface area contributed by atoms with Crippen LogP contribution >= 0.6 is 0 Å². The van der Waals surface area contributed by atoms with E-state index in [1.807, 2.05) is 12.1 Å². The number of aliphatic carboxylic acids is 4. The predicted molar refractivity (Wildman–Crippen MR) is 211 cm³/mol. The van der Waals surface area contributed by atoms with E-state index in [2.05, 4.69) is 83.6 Å². The Morgan fingerprint density at radius 2 is 0.571 bits per heavy atom. The van der Waals surface area contributed by atoms with Gasteiger partial charge in [-0.1, -0.05) is 24.3 Å². The maximum absolute atomic E-state index is 10.5. The number of carboxylic acids is 4. The second-order valence-electron chi connectivity index (χ2n) is 13.5. The van der Waals surface area contributed by atoms with E-state index in [9.17, 15) is 52.7 Å². The summed E-state index contributed by atoms with van der Waals surface area (Å²) in [6, 6.07) is 25.4. The molecule has 0 bridgehead atoms. The molecule has 12 N–H and O–H groups in total. The second kappa shape index (κ2) is 30.7. The van der Waals surface area contributed by atoms with Crippen LogP contribution in [0, 0.1) is 0 Å². The van der Waals surface area contributed by atoms with Crippen molar-refractivity contribution in [1.82, 2.24) is 0 Å². The second-order valence-corrected chi connectivity index (χ2v) is 13.5. The van der Waals surface area contributed by atoms with Crippen LogP contribution in [0.25, 0.3) is 33.0 Å². The minimum absolute atomic E-state index is 0.630. The third kappa shape index (κ3) is 26.7. The van der Waals surface area contributed by atoms with Crippen LogP contribution in [-0.2, 0) is 19.2 Å². The van der Waals surface area contributed by atoms with Gasteiger partial charge in [0, 0.05) is 37.8 Å². The molecular weight excluding hydrogens is 980 g/mol. The molecule has 0 amide bonds. The average molecular weight is 1030 g/mol. The van der Waals surface area contributed by atoms with Crippen LogP contribution in [0.3, 0.4) is 0 Å². The molecule has 4 aromatic rings. The van der Waals surface area contributed by atoms with Gasteiger partial charge in [-0.25, -0.2) is 0 Å². The van der Waals surface area contributed by atoms with Crippen molar-refractivity contribution < 1.29 is 134 Å². The van der Waals surface area contributed by atoms with E-state index < -0.39 is 48.6 Å². The third-order valence-corrected chi connectivity index (χ3v) is 7.85. The summed E-state index contributed by atoms with van der Waals surface area (Å²) < 4.78 is 150. The van der Waals surface area contributed by atoms with Crippen molar-refractivity contribution in [2.45, 2.75) is 50.4 Å². The number of hydrogen-bond donors (Lipinski definition) is 4. The Morgan fingerprint density at radius 1 is 0.357 bits per heavy atom. The van der Waals surface area contributed by atoms with Gasteiger partial charge in [0.1, 0.15) is 46.9 Å². The summed E-state index contributed by atoms with van der Waals surface area (Å²) in [4.78, 5) is 35.1. The minimum Gasteiger partial charge on any atom is -0.542 e.